The van der Waals surface area contributed by atoms with Crippen LogP contribution in [-0.4, -0.2) is 12.2 Å². The lowest BCUT2D eigenvalue weighted by atomic mass is 9.96. The molecule has 0 aromatic heterocycles. The first-order chi connectivity index (χ1) is 14.3. The highest BCUT2D eigenvalue weighted by atomic mass is 16.5. The summed E-state index contributed by atoms with van der Waals surface area (Å²) in [4.78, 5) is 0. The number of hydrogen-bond donors (Lipinski definition) is 1. The number of para-hydroxylation sites is 2. The van der Waals surface area contributed by atoms with Gasteiger partial charge in [0, 0.05) is 11.1 Å². The minimum Gasteiger partial charge on any atom is -0.507 e. The van der Waals surface area contributed by atoms with Gasteiger partial charge in [-0.2, -0.15) is 0 Å². The zero-order chi connectivity index (χ0) is 20.1. The molecule has 0 bridgehead atoms. The number of hydrogen-bond acceptors (Lipinski definition) is 2. The summed E-state index contributed by atoms with van der Waals surface area (Å²) in [5.41, 5.74) is 6.34. The fraction of sp³-hybridized carbons (Fsp3) is 0.111. The average Bonchev–Trinajstić information content (AvgIpc) is 2.79. The average molecular weight is 380 g/mol. The molecule has 0 aliphatic rings. The number of aromatic hydroxyl groups is 1. The SMILES string of the molecule is COc1ccccc1-c1cccc(CCc2cccc(-c3ccccc3)c2O)c1. The molecular weight excluding hydrogens is 356 g/mol. The molecule has 0 aliphatic carbocycles. The van der Waals surface area contributed by atoms with E-state index in [2.05, 4.69) is 30.3 Å². The molecule has 0 spiro atoms. The van der Waals surface area contributed by atoms with Gasteiger partial charge in [-0.3, -0.25) is 0 Å². The highest BCUT2D eigenvalue weighted by Gasteiger charge is 2.10. The fourth-order valence-corrected chi connectivity index (χ4v) is 3.70. The van der Waals surface area contributed by atoms with Crippen LogP contribution in [0.15, 0.2) is 97.1 Å². The van der Waals surface area contributed by atoms with Gasteiger partial charge in [0.2, 0.25) is 0 Å². The van der Waals surface area contributed by atoms with Gasteiger partial charge in [-0.1, -0.05) is 91.0 Å². The molecule has 29 heavy (non-hydrogen) atoms. The summed E-state index contributed by atoms with van der Waals surface area (Å²) in [5, 5.41) is 10.8. The van der Waals surface area contributed by atoms with Crippen molar-refractivity contribution < 1.29 is 9.84 Å². The lowest BCUT2D eigenvalue weighted by molar-refractivity contribution is 0.416. The van der Waals surface area contributed by atoms with Crippen molar-refractivity contribution in [3.05, 3.63) is 108 Å². The van der Waals surface area contributed by atoms with Crippen LogP contribution in [0.5, 0.6) is 11.5 Å². The van der Waals surface area contributed by atoms with E-state index in [9.17, 15) is 5.11 Å². The standard InChI is InChI=1S/C27H24O2/c1-29-26-16-6-5-14-24(26)23-13-7-9-20(19-23)17-18-22-12-8-15-25(27(22)28)21-10-3-2-4-11-21/h2-16,19,28H,17-18H2,1H3. The van der Waals surface area contributed by atoms with Crippen molar-refractivity contribution in [3.8, 4) is 33.8 Å². The highest BCUT2D eigenvalue weighted by molar-refractivity contribution is 5.72. The molecule has 0 amide bonds. The molecule has 0 radical (unpaired) electrons. The van der Waals surface area contributed by atoms with Crippen LogP contribution in [0.3, 0.4) is 0 Å². The molecule has 0 saturated carbocycles. The van der Waals surface area contributed by atoms with E-state index in [4.69, 9.17) is 4.74 Å². The number of phenolic OH excluding ortho intramolecular Hbond substituents is 1. The van der Waals surface area contributed by atoms with Crippen molar-refractivity contribution in [2.75, 3.05) is 7.11 Å². The largest absolute Gasteiger partial charge is 0.507 e. The normalized spacial score (nSPS) is 10.7. The minimum absolute atomic E-state index is 0.375. The second-order valence-corrected chi connectivity index (χ2v) is 7.08. The van der Waals surface area contributed by atoms with Crippen LogP contribution < -0.4 is 4.74 Å². The van der Waals surface area contributed by atoms with Crippen molar-refractivity contribution in [1.29, 1.82) is 0 Å². The monoisotopic (exact) mass is 380 g/mol. The molecule has 0 atom stereocenters. The van der Waals surface area contributed by atoms with Gasteiger partial charge in [-0.25, -0.2) is 0 Å². The first-order valence-electron chi connectivity index (χ1n) is 9.85. The molecular formula is C27H24O2. The van der Waals surface area contributed by atoms with E-state index in [0.717, 1.165) is 46.4 Å². The van der Waals surface area contributed by atoms with Gasteiger partial charge >= 0.3 is 0 Å². The summed E-state index contributed by atoms with van der Waals surface area (Å²) in [7, 11) is 1.70. The smallest absolute Gasteiger partial charge is 0.126 e. The van der Waals surface area contributed by atoms with E-state index in [0.29, 0.717) is 5.75 Å². The Morgan fingerprint density at radius 2 is 1.34 bits per heavy atom. The quantitative estimate of drug-likeness (QED) is 0.413. The maximum atomic E-state index is 10.8. The Morgan fingerprint density at radius 1 is 0.655 bits per heavy atom. The first kappa shape index (κ1) is 18.8. The van der Waals surface area contributed by atoms with E-state index in [1.165, 1.54) is 5.56 Å². The van der Waals surface area contributed by atoms with E-state index < -0.39 is 0 Å². The summed E-state index contributed by atoms with van der Waals surface area (Å²) in [5.74, 6) is 1.25. The maximum Gasteiger partial charge on any atom is 0.126 e. The fourth-order valence-electron chi connectivity index (χ4n) is 3.70. The Bertz CT molecular complexity index is 1100. The molecule has 0 saturated heterocycles. The Labute approximate surface area is 172 Å². The zero-order valence-electron chi connectivity index (χ0n) is 16.5. The third-order valence-corrected chi connectivity index (χ3v) is 5.23. The number of methoxy groups -OCH3 is 1. The summed E-state index contributed by atoms with van der Waals surface area (Å²) < 4.78 is 5.51. The van der Waals surface area contributed by atoms with Crippen molar-refractivity contribution in [3.63, 3.8) is 0 Å². The molecule has 4 rings (SSSR count). The Morgan fingerprint density at radius 3 is 2.17 bits per heavy atom. The second kappa shape index (κ2) is 8.66. The van der Waals surface area contributed by atoms with Gasteiger partial charge in [0.25, 0.3) is 0 Å². The van der Waals surface area contributed by atoms with Gasteiger partial charge in [0.15, 0.2) is 0 Å². The van der Waals surface area contributed by atoms with Crippen LogP contribution in [0, 0.1) is 0 Å². The second-order valence-electron chi connectivity index (χ2n) is 7.08. The Kier molecular flexibility index (Phi) is 5.62. The van der Waals surface area contributed by atoms with E-state index in [1.54, 1.807) is 7.11 Å². The summed E-state index contributed by atoms with van der Waals surface area (Å²) >= 11 is 0. The van der Waals surface area contributed by atoms with Gasteiger partial charge in [-0.15, -0.1) is 0 Å². The predicted molar refractivity (Wildman–Crippen MR) is 119 cm³/mol. The van der Waals surface area contributed by atoms with E-state index in [-0.39, 0.29) is 0 Å². The topological polar surface area (TPSA) is 29.5 Å². The minimum atomic E-state index is 0.375. The molecule has 0 unspecified atom stereocenters. The van der Waals surface area contributed by atoms with Crippen molar-refractivity contribution in [1.82, 2.24) is 0 Å². The van der Waals surface area contributed by atoms with Gasteiger partial charge < -0.3 is 9.84 Å². The van der Waals surface area contributed by atoms with Crippen molar-refractivity contribution >= 4 is 0 Å². The molecule has 0 fully saturated rings. The van der Waals surface area contributed by atoms with Gasteiger partial charge in [0.05, 0.1) is 7.11 Å². The van der Waals surface area contributed by atoms with Crippen LogP contribution in [-0.2, 0) is 12.8 Å². The summed E-state index contributed by atoms with van der Waals surface area (Å²) in [6.45, 7) is 0. The number of benzene rings is 4. The zero-order valence-corrected chi connectivity index (χ0v) is 16.5. The molecule has 0 aliphatic heterocycles. The predicted octanol–water partition coefficient (Wildman–Crippen LogP) is 6.52. The molecule has 2 nitrogen and oxygen atoms in total. The third-order valence-electron chi connectivity index (χ3n) is 5.23. The highest BCUT2D eigenvalue weighted by Crippen LogP contribution is 2.33. The van der Waals surface area contributed by atoms with Gasteiger partial charge in [-0.05, 0) is 41.2 Å². The summed E-state index contributed by atoms with van der Waals surface area (Å²) in [6, 6.07) is 32.6. The molecule has 0 heterocycles. The number of aryl methyl sites for hydroxylation is 2. The summed E-state index contributed by atoms with van der Waals surface area (Å²) in [6.07, 6.45) is 1.64. The lowest BCUT2D eigenvalue weighted by Gasteiger charge is -2.12. The molecule has 4 aromatic carbocycles. The van der Waals surface area contributed by atoms with Crippen LogP contribution in [0.25, 0.3) is 22.3 Å². The molecule has 1 N–H and O–H groups in total. The van der Waals surface area contributed by atoms with Crippen LogP contribution in [0.4, 0.5) is 0 Å². The van der Waals surface area contributed by atoms with Crippen LogP contribution in [0.2, 0.25) is 0 Å². The third kappa shape index (κ3) is 4.17. The maximum absolute atomic E-state index is 10.8. The lowest BCUT2D eigenvalue weighted by Crippen LogP contribution is -1.94. The Balaban J connectivity index is 1.56. The number of rotatable bonds is 6. The van der Waals surface area contributed by atoms with Crippen molar-refractivity contribution in [2.24, 2.45) is 0 Å². The van der Waals surface area contributed by atoms with Crippen molar-refractivity contribution in [2.45, 2.75) is 12.8 Å². The molecule has 144 valence electrons. The van der Waals surface area contributed by atoms with Gasteiger partial charge in [0.1, 0.15) is 11.5 Å². The van der Waals surface area contributed by atoms with E-state index in [1.807, 2.05) is 66.7 Å². The molecule has 4 aromatic rings. The first-order valence-corrected chi connectivity index (χ1v) is 9.85. The molecule has 2 heteroatoms. The van der Waals surface area contributed by atoms with Crippen LogP contribution in [0.1, 0.15) is 11.1 Å². The number of ether oxygens (including phenoxy) is 1. The van der Waals surface area contributed by atoms with E-state index >= 15 is 0 Å². The van der Waals surface area contributed by atoms with Crippen LogP contribution >= 0.6 is 0 Å². The Hall–Kier alpha value is -3.52. The number of phenols is 1.